The number of hydrogen-bond acceptors (Lipinski definition) is 5. The maximum Gasteiger partial charge on any atom is 0.227 e. The lowest BCUT2D eigenvalue weighted by Crippen LogP contribution is -2.14. The monoisotopic (exact) mass is 721 g/mol. The molecule has 56 heavy (non-hydrogen) atoms. The molecule has 1 aliphatic rings. The first kappa shape index (κ1) is 32.3. The van der Waals surface area contributed by atoms with Crippen LogP contribution in [0.5, 0.6) is 0 Å². The van der Waals surface area contributed by atoms with Crippen LogP contribution in [-0.2, 0) is 5.41 Å². The third kappa shape index (κ3) is 4.96. The van der Waals surface area contributed by atoms with Crippen LogP contribution >= 0.6 is 0 Å². The zero-order valence-electron chi connectivity index (χ0n) is 31.2. The molecule has 7 aromatic carbocycles. The second kappa shape index (κ2) is 12.2. The summed E-state index contributed by atoms with van der Waals surface area (Å²) in [4.78, 5) is 19.8. The minimum absolute atomic E-state index is 0.104. The van der Waals surface area contributed by atoms with Crippen LogP contribution in [0.1, 0.15) is 30.5 Å². The Labute approximate surface area is 323 Å². The van der Waals surface area contributed by atoms with Crippen LogP contribution in [0.2, 0.25) is 0 Å². The average molecular weight is 722 g/mol. The summed E-state index contributed by atoms with van der Waals surface area (Å²) >= 11 is 0. The van der Waals surface area contributed by atoms with Crippen molar-refractivity contribution in [3.05, 3.63) is 174 Å². The molecule has 0 bridgehead atoms. The molecule has 6 nitrogen and oxygen atoms in total. The lowest BCUT2D eigenvalue weighted by Gasteiger charge is -2.21. The van der Waals surface area contributed by atoms with E-state index in [-0.39, 0.29) is 5.41 Å². The molecule has 1 aliphatic carbocycles. The Morgan fingerprint density at radius 1 is 0.482 bits per heavy atom. The summed E-state index contributed by atoms with van der Waals surface area (Å²) in [7, 11) is 0. The fourth-order valence-electron chi connectivity index (χ4n) is 8.57. The highest BCUT2D eigenvalue weighted by Gasteiger charge is 2.36. The van der Waals surface area contributed by atoms with Gasteiger partial charge in [-0.15, -0.1) is 0 Å². The van der Waals surface area contributed by atoms with Gasteiger partial charge >= 0.3 is 0 Å². The largest absolute Gasteiger partial charge is 0.436 e. The van der Waals surface area contributed by atoms with E-state index in [1.54, 1.807) is 0 Å². The maximum absolute atomic E-state index is 6.54. The Morgan fingerprint density at radius 2 is 1.20 bits per heavy atom. The molecule has 0 fully saturated rings. The van der Waals surface area contributed by atoms with E-state index in [1.807, 2.05) is 60.7 Å². The molecule has 6 heteroatoms. The molecule has 0 saturated carbocycles. The number of nitrogens with zero attached hydrogens (tertiary/aromatic N) is 5. The summed E-state index contributed by atoms with van der Waals surface area (Å²) < 4.78 is 8.92. The second-order valence-corrected chi connectivity index (χ2v) is 15.2. The molecule has 10 aromatic rings. The third-order valence-electron chi connectivity index (χ3n) is 11.4. The van der Waals surface area contributed by atoms with Crippen LogP contribution in [0.4, 0.5) is 0 Å². The van der Waals surface area contributed by atoms with Gasteiger partial charge in [-0.25, -0.2) is 19.9 Å². The topological polar surface area (TPSA) is 69.6 Å². The van der Waals surface area contributed by atoms with Crippen LogP contribution in [0.25, 0.3) is 95.3 Å². The van der Waals surface area contributed by atoms with Crippen LogP contribution in [-0.4, -0.2) is 24.5 Å². The van der Waals surface area contributed by atoms with E-state index in [0.29, 0.717) is 28.9 Å². The number of benzene rings is 7. The predicted octanol–water partition coefficient (Wildman–Crippen LogP) is 12.4. The molecule has 0 unspecified atom stereocenters. The zero-order valence-corrected chi connectivity index (χ0v) is 31.2. The smallest absolute Gasteiger partial charge is 0.227 e. The molecule has 3 heterocycles. The SMILES string of the molecule is Cc1ccccc1-c1nc(-c2ccccc2)nc(-c2ccc3nc(-c4cccc(-n5c6ccccc6c6cc7c(cc65)C(C)(C)c5ccccc5-7)c4)oc3c2)n1. The quantitative estimate of drug-likeness (QED) is 0.177. The normalized spacial score (nSPS) is 13.1. The van der Waals surface area contributed by atoms with Gasteiger partial charge in [-0.1, -0.05) is 117 Å². The molecule has 0 spiro atoms. The van der Waals surface area contributed by atoms with Gasteiger partial charge in [0.15, 0.2) is 23.1 Å². The molecule has 266 valence electrons. The molecular formula is C50H35N5O. The molecule has 0 amide bonds. The van der Waals surface area contributed by atoms with Crippen molar-refractivity contribution in [2.24, 2.45) is 0 Å². The average Bonchev–Trinajstić information content (AvgIpc) is 3.89. The lowest BCUT2D eigenvalue weighted by atomic mass is 9.82. The summed E-state index contributed by atoms with van der Waals surface area (Å²) in [6.45, 7) is 6.74. The fourth-order valence-corrected chi connectivity index (χ4v) is 8.57. The van der Waals surface area contributed by atoms with Gasteiger partial charge < -0.3 is 8.98 Å². The summed E-state index contributed by atoms with van der Waals surface area (Å²) in [6.07, 6.45) is 0. The molecule has 0 radical (unpaired) electrons. The van der Waals surface area contributed by atoms with Gasteiger partial charge in [0.1, 0.15) is 5.52 Å². The number of para-hydroxylation sites is 1. The van der Waals surface area contributed by atoms with E-state index in [1.165, 1.54) is 38.5 Å². The fraction of sp³-hybridized carbons (Fsp3) is 0.0800. The van der Waals surface area contributed by atoms with Crippen molar-refractivity contribution >= 4 is 32.9 Å². The first-order valence-electron chi connectivity index (χ1n) is 19.0. The Bertz CT molecular complexity index is 3190. The number of aromatic nitrogens is 5. The van der Waals surface area contributed by atoms with Crippen LogP contribution in [0.3, 0.4) is 0 Å². The van der Waals surface area contributed by atoms with Crippen molar-refractivity contribution in [3.8, 4) is 62.4 Å². The Hall–Kier alpha value is -7.18. The first-order chi connectivity index (χ1) is 27.4. The maximum atomic E-state index is 6.54. The van der Waals surface area contributed by atoms with E-state index >= 15 is 0 Å². The van der Waals surface area contributed by atoms with Crippen molar-refractivity contribution in [1.82, 2.24) is 24.5 Å². The number of aryl methyl sites for hydroxylation is 1. The zero-order chi connectivity index (χ0) is 37.5. The minimum atomic E-state index is -0.104. The van der Waals surface area contributed by atoms with Crippen LogP contribution in [0, 0.1) is 6.92 Å². The summed E-state index contributed by atoms with van der Waals surface area (Å²) in [5.41, 5.74) is 14.8. The predicted molar refractivity (Wildman–Crippen MR) is 226 cm³/mol. The highest BCUT2D eigenvalue weighted by molar-refractivity contribution is 6.11. The number of rotatable bonds is 5. The van der Waals surface area contributed by atoms with Gasteiger partial charge in [-0.3, -0.25) is 0 Å². The van der Waals surface area contributed by atoms with Crippen molar-refractivity contribution in [1.29, 1.82) is 0 Å². The molecule has 0 aliphatic heterocycles. The Kier molecular flexibility index (Phi) is 7.01. The summed E-state index contributed by atoms with van der Waals surface area (Å²) in [6, 6.07) is 55.0. The molecule has 0 atom stereocenters. The van der Waals surface area contributed by atoms with E-state index in [4.69, 9.17) is 24.4 Å². The number of oxazole rings is 1. The van der Waals surface area contributed by atoms with Crippen molar-refractivity contribution in [2.45, 2.75) is 26.2 Å². The van der Waals surface area contributed by atoms with E-state index in [0.717, 1.165) is 44.5 Å². The van der Waals surface area contributed by atoms with E-state index in [2.05, 4.69) is 122 Å². The standard InChI is InChI=1S/C50H35N5O/c1-30-14-7-8-19-35(30)48-53-46(31-15-5-4-6-16-31)52-47(54-48)32-24-25-42-45(27-32)56-49(51-42)33-17-13-18-34(26-33)55-43-23-12-10-21-37(43)39-28-38-36-20-9-11-22-40(36)50(2,3)41(38)29-44(39)55/h4-29H,1-3H3. The Balaban J connectivity index is 1.02. The number of fused-ring (bicyclic) bond motifs is 7. The summed E-state index contributed by atoms with van der Waals surface area (Å²) in [5, 5.41) is 2.47. The van der Waals surface area contributed by atoms with E-state index in [9.17, 15) is 0 Å². The van der Waals surface area contributed by atoms with Gasteiger partial charge in [0.2, 0.25) is 5.89 Å². The van der Waals surface area contributed by atoms with Gasteiger partial charge in [-0.2, -0.15) is 0 Å². The van der Waals surface area contributed by atoms with Gasteiger partial charge in [-0.05, 0) is 89.3 Å². The minimum Gasteiger partial charge on any atom is -0.436 e. The second-order valence-electron chi connectivity index (χ2n) is 15.2. The first-order valence-corrected chi connectivity index (χ1v) is 19.0. The van der Waals surface area contributed by atoms with Crippen molar-refractivity contribution in [3.63, 3.8) is 0 Å². The number of hydrogen-bond donors (Lipinski definition) is 0. The van der Waals surface area contributed by atoms with E-state index < -0.39 is 0 Å². The lowest BCUT2D eigenvalue weighted by molar-refractivity contribution is 0.620. The molecule has 0 N–H and O–H groups in total. The molecular weight excluding hydrogens is 687 g/mol. The van der Waals surface area contributed by atoms with Crippen LogP contribution < -0.4 is 0 Å². The van der Waals surface area contributed by atoms with Crippen molar-refractivity contribution < 1.29 is 4.42 Å². The summed E-state index contributed by atoms with van der Waals surface area (Å²) in [5.74, 6) is 2.37. The third-order valence-corrected chi connectivity index (χ3v) is 11.4. The van der Waals surface area contributed by atoms with Crippen LogP contribution in [0.15, 0.2) is 162 Å². The van der Waals surface area contributed by atoms with Gasteiger partial charge in [0.25, 0.3) is 0 Å². The Morgan fingerprint density at radius 3 is 2.05 bits per heavy atom. The molecule has 0 saturated heterocycles. The highest BCUT2D eigenvalue weighted by Crippen LogP contribution is 2.51. The molecule has 11 rings (SSSR count). The van der Waals surface area contributed by atoms with Gasteiger partial charge in [0.05, 0.1) is 11.0 Å². The van der Waals surface area contributed by atoms with Gasteiger partial charge in [0, 0.05) is 44.1 Å². The van der Waals surface area contributed by atoms with Crippen molar-refractivity contribution in [2.75, 3.05) is 0 Å². The molecule has 3 aromatic heterocycles. The highest BCUT2D eigenvalue weighted by atomic mass is 16.3.